The average Bonchev–Trinajstić information content (AvgIpc) is 2.47. The maximum absolute atomic E-state index is 9.45. The Morgan fingerprint density at radius 1 is 0.950 bits per heavy atom. The highest BCUT2D eigenvalue weighted by molar-refractivity contribution is 5.27. The first-order valence-corrected chi connectivity index (χ1v) is 7.32. The van der Waals surface area contributed by atoms with Crippen LogP contribution in [0.5, 0.6) is 5.75 Å². The summed E-state index contributed by atoms with van der Waals surface area (Å²) in [5.41, 5.74) is 2.58. The van der Waals surface area contributed by atoms with Gasteiger partial charge in [-0.3, -0.25) is 4.90 Å². The van der Waals surface area contributed by atoms with E-state index in [2.05, 4.69) is 48.2 Å². The fraction of sp³-hybridized carbons (Fsp3) is 0.333. The summed E-state index contributed by atoms with van der Waals surface area (Å²) in [6.07, 6.45) is 2.13. The van der Waals surface area contributed by atoms with Crippen molar-refractivity contribution in [1.82, 2.24) is 4.90 Å². The van der Waals surface area contributed by atoms with Crippen molar-refractivity contribution < 1.29 is 5.11 Å². The smallest absolute Gasteiger partial charge is 0.115 e. The van der Waals surface area contributed by atoms with Gasteiger partial charge < -0.3 is 5.11 Å². The lowest BCUT2D eigenvalue weighted by molar-refractivity contribution is 0.276. The molecule has 0 aliphatic carbocycles. The summed E-state index contributed by atoms with van der Waals surface area (Å²) in [6, 6.07) is 18.2. The van der Waals surface area contributed by atoms with Gasteiger partial charge in [0, 0.05) is 6.54 Å². The molecular formula is C18H23NO. The first kappa shape index (κ1) is 14.6. The van der Waals surface area contributed by atoms with Crippen LogP contribution in [0.25, 0.3) is 0 Å². The lowest BCUT2D eigenvalue weighted by Crippen LogP contribution is -2.24. The molecule has 2 rings (SSSR count). The molecule has 0 atom stereocenters. The van der Waals surface area contributed by atoms with Crippen molar-refractivity contribution in [3.63, 3.8) is 0 Å². The molecule has 1 N–H and O–H groups in total. The molecule has 0 heterocycles. The largest absolute Gasteiger partial charge is 0.508 e. The number of phenolic OH excluding ortho intramolecular Hbond substituents is 1. The van der Waals surface area contributed by atoms with E-state index in [1.807, 2.05) is 12.1 Å². The van der Waals surface area contributed by atoms with E-state index in [4.69, 9.17) is 0 Å². The molecule has 0 aliphatic heterocycles. The van der Waals surface area contributed by atoms with Crippen LogP contribution in [0, 0.1) is 0 Å². The normalized spacial score (nSPS) is 10.9. The van der Waals surface area contributed by atoms with E-state index >= 15 is 0 Å². The van der Waals surface area contributed by atoms with Gasteiger partial charge >= 0.3 is 0 Å². The summed E-state index contributed by atoms with van der Waals surface area (Å²) in [4.78, 5) is 2.46. The van der Waals surface area contributed by atoms with Gasteiger partial charge in [-0.05, 0) is 49.2 Å². The minimum atomic E-state index is 0.360. The van der Waals surface area contributed by atoms with Crippen molar-refractivity contribution in [3.8, 4) is 5.75 Å². The van der Waals surface area contributed by atoms with Crippen LogP contribution in [0.1, 0.15) is 24.5 Å². The summed E-state index contributed by atoms with van der Waals surface area (Å²) in [7, 11) is 0. The molecule has 0 aliphatic rings. The van der Waals surface area contributed by atoms with E-state index in [1.165, 1.54) is 11.1 Å². The van der Waals surface area contributed by atoms with Gasteiger partial charge in [0.1, 0.15) is 5.75 Å². The molecule has 20 heavy (non-hydrogen) atoms. The zero-order chi connectivity index (χ0) is 14.2. The Labute approximate surface area is 121 Å². The molecule has 106 valence electrons. The van der Waals surface area contributed by atoms with Crippen LogP contribution in [-0.4, -0.2) is 23.1 Å². The van der Waals surface area contributed by atoms with Crippen LogP contribution >= 0.6 is 0 Å². The minimum absolute atomic E-state index is 0.360. The number of hydrogen-bond acceptors (Lipinski definition) is 2. The highest BCUT2D eigenvalue weighted by Gasteiger charge is 2.03. The van der Waals surface area contributed by atoms with Crippen LogP contribution in [0.2, 0.25) is 0 Å². The Morgan fingerprint density at radius 2 is 1.70 bits per heavy atom. The van der Waals surface area contributed by atoms with Crippen molar-refractivity contribution in [2.24, 2.45) is 0 Å². The molecule has 2 nitrogen and oxygen atoms in total. The van der Waals surface area contributed by atoms with Gasteiger partial charge in [-0.15, -0.1) is 0 Å². The predicted octanol–water partition coefficient (Wildman–Crippen LogP) is 3.85. The molecule has 0 amide bonds. The maximum Gasteiger partial charge on any atom is 0.115 e. The molecule has 0 fully saturated rings. The van der Waals surface area contributed by atoms with E-state index in [1.54, 1.807) is 6.07 Å². The number of aryl methyl sites for hydroxylation is 1. The summed E-state index contributed by atoms with van der Waals surface area (Å²) < 4.78 is 0. The summed E-state index contributed by atoms with van der Waals surface area (Å²) >= 11 is 0. The Kier molecular flexibility index (Phi) is 5.63. The molecule has 2 aromatic carbocycles. The standard InChI is InChI=1S/C18H23NO/c1-2-19(15-17-8-4-3-5-9-17)13-7-11-16-10-6-12-18(20)14-16/h3-6,8-10,12,14,20H,2,7,11,13,15H2,1H3. The zero-order valence-electron chi connectivity index (χ0n) is 12.1. The molecule has 2 heteroatoms. The second-order valence-electron chi connectivity index (χ2n) is 5.13. The molecular weight excluding hydrogens is 246 g/mol. The number of nitrogens with zero attached hydrogens (tertiary/aromatic N) is 1. The van der Waals surface area contributed by atoms with Gasteiger partial charge in [0.15, 0.2) is 0 Å². The van der Waals surface area contributed by atoms with E-state index < -0.39 is 0 Å². The van der Waals surface area contributed by atoms with Crippen molar-refractivity contribution in [3.05, 3.63) is 65.7 Å². The van der Waals surface area contributed by atoms with Gasteiger partial charge in [0.25, 0.3) is 0 Å². The number of hydrogen-bond donors (Lipinski definition) is 1. The predicted molar refractivity (Wildman–Crippen MR) is 83.8 cm³/mol. The fourth-order valence-electron chi connectivity index (χ4n) is 2.41. The second-order valence-corrected chi connectivity index (χ2v) is 5.13. The topological polar surface area (TPSA) is 23.5 Å². The quantitative estimate of drug-likeness (QED) is 0.825. The summed E-state index contributed by atoms with van der Waals surface area (Å²) in [5.74, 6) is 0.360. The van der Waals surface area contributed by atoms with Crippen molar-refractivity contribution in [1.29, 1.82) is 0 Å². The number of rotatable bonds is 7. The lowest BCUT2D eigenvalue weighted by Gasteiger charge is -2.20. The highest BCUT2D eigenvalue weighted by Crippen LogP contribution is 2.13. The van der Waals surface area contributed by atoms with Gasteiger partial charge in [0.05, 0.1) is 0 Å². The Morgan fingerprint density at radius 3 is 2.40 bits per heavy atom. The van der Waals surface area contributed by atoms with Crippen molar-refractivity contribution >= 4 is 0 Å². The van der Waals surface area contributed by atoms with Gasteiger partial charge in [-0.1, -0.05) is 49.4 Å². The Bertz CT molecular complexity index is 510. The average molecular weight is 269 g/mol. The van der Waals surface area contributed by atoms with Crippen LogP contribution in [0.3, 0.4) is 0 Å². The lowest BCUT2D eigenvalue weighted by atomic mass is 10.1. The fourth-order valence-corrected chi connectivity index (χ4v) is 2.41. The van der Waals surface area contributed by atoms with Crippen molar-refractivity contribution in [2.75, 3.05) is 13.1 Å². The zero-order valence-corrected chi connectivity index (χ0v) is 12.1. The van der Waals surface area contributed by atoms with Crippen LogP contribution in [0.15, 0.2) is 54.6 Å². The first-order chi connectivity index (χ1) is 9.78. The van der Waals surface area contributed by atoms with Gasteiger partial charge in [0.2, 0.25) is 0 Å². The highest BCUT2D eigenvalue weighted by atomic mass is 16.3. The summed E-state index contributed by atoms with van der Waals surface area (Å²) in [5, 5.41) is 9.45. The third kappa shape index (κ3) is 4.71. The third-order valence-corrected chi connectivity index (χ3v) is 3.55. The molecule has 0 saturated heterocycles. The minimum Gasteiger partial charge on any atom is -0.508 e. The molecule has 2 aromatic rings. The molecule has 0 radical (unpaired) electrons. The molecule has 0 bridgehead atoms. The van der Waals surface area contributed by atoms with Gasteiger partial charge in [-0.2, -0.15) is 0 Å². The first-order valence-electron chi connectivity index (χ1n) is 7.32. The number of phenols is 1. The van der Waals surface area contributed by atoms with Crippen LogP contribution < -0.4 is 0 Å². The van der Waals surface area contributed by atoms with Crippen LogP contribution in [0.4, 0.5) is 0 Å². The van der Waals surface area contributed by atoms with E-state index in [0.29, 0.717) is 5.75 Å². The third-order valence-electron chi connectivity index (χ3n) is 3.55. The summed E-state index contributed by atoms with van der Waals surface area (Å²) in [6.45, 7) is 5.37. The number of aromatic hydroxyl groups is 1. The SMILES string of the molecule is CCN(CCCc1cccc(O)c1)Cc1ccccc1. The number of benzene rings is 2. The molecule has 0 unspecified atom stereocenters. The van der Waals surface area contributed by atoms with E-state index in [9.17, 15) is 5.11 Å². The Hall–Kier alpha value is -1.80. The van der Waals surface area contributed by atoms with E-state index in [-0.39, 0.29) is 0 Å². The monoisotopic (exact) mass is 269 g/mol. The molecule has 0 saturated carbocycles. The van der Waals surface area contributed by atoms with Crippen LogP contribution in [-0.2, 0) is 13.0 Å². The Balaban J connectivity index is 1.79. The van der Waals surface area contributed by atoms with Crippen molar-refractivity contribution in [2.45, 2.75) is 26.3 Å². The maximum atomic E-state index is 9.45. The van der Waals surface area contributed by atoms with Gasteiger partial charge in [-0.25, -0.2) is 0 Å². The molecule has 0 aromatic heterocycles. The molecule has 0 spiro atoms. The van der Waals surface area contributed by atoms with E-state index in [0.717, 1.165) is 32.5 Å². The second kappa shape index (κ2) is 7.71.